The second kappa shape index (κ2) is 29.5. The van der Waals surface area contributed by atoms with Crippen LogP contribution in [0.2, 0.25) is 0 Å². The van der Waals surface area contributed by atoms with Crippen molar-refractivity contribution in [3.63, 3.8) is 0 Å². The lowest BCUT2D eigenvalue weighted by atomic mass is 9.91. The van der Waals surface area contributed by atoms with Gasteiger partial charge in [-0.15, -0.1) is 0 Å². The van der Waals surface area contributed by atoms with Gasteiger partial charge in [-0.1, -0.05) is 130 Å². The van der Waals surface area contributed by atoms with Crippen LogP contribution in [0.15, 0.2) is 0 Å². The number of likely N-dealkylation sites (tertiary alicyclic amines) is 1. The summed E-state index contributed by atoms with van der Waals surface area (Å²) in [5.74, 6) is 0.864. The van der Waals surface area contributed by atoms with Gasteiger partial charge in [0.15, 0.2) is 0 Å². The molecule has 1 saturated heterocycles. The molecule has 0 atom stereocenters. The molecule has 0 aliphatic carbocycles. The zero-order chi connectivity index (χ0) is 29.6. The van der Waals surface area contributed by atoms with Crippen molar-refractivity contribution in [2.24, 2.45) is 5.92 Å². The van der Waals surface area contributed by atoms with E-state index < -0.39 is 0 Å². The number of hydrogen-bond donors (Lipinski definition) is 0. The largest absolute Gasteiger partial charge is 0.466 e. The van der Waals surface area contributed by atoms with E-state index in [1.54, 1.807) is 0 Å². The van der Waals surface area contributed by atoms with Gasteiger partial charge in [-0.25, -0.2) is 0 Å². The van der Waals surface area contributed by atoms with Crippen LogP contribution >= 0.6 is 0 Å². The third-order valence-corrected chi connectivity index (χ3v) is 9.32. The zero-order valence-electron chi connectivity index (χ0n) is 28.4. The standard InChI is InChI=1S/C37H74N2O2/c1-4-7-10-15-20-29-38(33-34-39-31-22-23-32-39)30-21-16-13-14-19-28-37(40)41-35-24-27-36(25-17-11-8-5-2)26-18-12-9-6-3/h36H,4-35H2,1-3H3. The maximum atomic E-state index is 12.3. The fourth-order valence-corrected chi connectivity index (χ4v) is 6.48. The van der Waals surface area contributed by atoms with Crippen molar-refractivity contribution < 1.29 is 9.53 Å². The molecular formula is C37H74N2O2. The van der Waals surface area contributed by atoms with Gasteiger partial charge >= 0.3 is 5.97 Å². The van der Waals surface area contributed by atoms with E-state index in [1.165, 1.54) is 174 Å². The van der Waals surface area contributed by atoms with E-state index in [-0.39, 0.29) is 5.97 Å². The minimum absolute atomic E-state index is 0.0311. The van der Waals surface area contributed by atoms with Crippen molar-refractivity contribution >= 4 is 5.97 Å². The average molecular weight is 579 g/mol. The first-order valence-electron chi connectivity index (χ1n) is 18.8. The minimum Gasteiger partial charge on any atom is -0.466 e. The molecule has 1 fully saturated rings. The highest BCUT2D eigenvalue weighted by molar-refractivity contribution is 5.69. The van der Waals surface area contributed by atoms with Crippen molar-refractivity contribution in [1.29, 1.82) is 0 Å². The number of hydrogen-bond acceptors (Lipinski definition) is 4. The zero-order valence-corrected chi connectivity index (χ0v) is 28.4. The van der Waals surface area contributed by atoms with Crippen molar-refractivity contribution in [2.45, 2.75) is 181 Å². The quantitative estimate of drug-likeness (QED) is 0.0605. The van der Waals surface area contributed by atoms with E-state index in [1.807, 2.05) is 0 Å². The molecule has 0 aromatic rings. The molecule has 0 radical (unpaired) electrons. The van der Waals surface area contributed by atoms with Gasteiger partial charge in [0.1, 0.15) is 0 Å². The van der Waals surface area contributed by atoms with E-state index in [2.05, 4.69) is 30.6 Å². The molecule has 1 aliphatic heterocycles. The first-order valence-corrected chi connectivity index (χ1v) is 18.8. The van der Waals surface area contributed by atoms with E-state index in [9.17, 15) is 4.79 Å². The summed E-state index contributed by atoms with van der Waals surface area (Å²) < 4.78 is 5.62. The fraction of sp³-hybridized carbons (Fsp3) is 0.973. The number of carbonyl (C=O) groups excluding carboxylic acids is 1. The molecule has 1 heterocycles. The average Bonchev–Trinajstić information content (AvgIpc) is 3.50. The molecule has 4 heteroatoms. The van der Waals surface area contributed by atoms with Crippen molar-refractivity contribution in [3.05, 3.63) is 0 Å². The highest BCUT2D eigenvalue weighted by Gasteiger charge is 2.13. The molecule has 0 saturated carbocycles. The maximum Gasteiger partial charge on any atom is 0.305 e. The number of carbonyl (C=O) groups is 1. The Labute approximate surface area is 258 Å². The predicted octanol–water partition coefficient (Wildman–Crippen LogP) is 10.6. The summed E-state index contributed by atoms with van der Waals surface area (Å²) >= 11 is 0. The molecule has 4 nitrogen and oxygen atoms in total. The number of nitrogens with zero attached hydrogens (tertiary/aromatic N) is 2. The molecule has 244 valence electrons. The summed E-state index contributed by atoms with van der Waals surface area (Å²) in [5.41, 5.74) is 0. The summed E-state index contributed by atoms with van der Waals surface area (Å²) in [6, 6.07) is 0. The van der Waals surface area contributed by atoms with Gasteiger partial charge in [0, 0.05) is 19.5 Å². The van der Waals surface area contributed by atoms with Gasteiger partial charge in [0.05, 0.1) is 6.61 Å². The first-order chi connectivity index (χ1) is 20.2. The van der Waals surface area contributed by atoms with Gasteiger partial charge in [0.2, 0.25) is 0 Å². The SMILES string of the molecule is CCCCCCCN(CCCCCCCC(=O)OCCCC(CCCCCC)CCCCCC)CCN1CCCC1. The number of unbranched alkanes of at least 4 members (excludes halogenated alkanes) is 14. The predicted molar refractivity (Wildman–Crippen MR) is 180 cm³/mol. The Morgan fingerprint density at radius 3 is 1.68 bits per heavy atom. The molecule has 0 spiro atoms. The molecule has 1 aliphatic rings. The van der Waals surface area contributed by atoms with E-state index >= 15 is 0 Å². The van der Waals surface area contributed by atoms with Crippen LogP contribution in [0, 0.1) is 5.92 Å². The summed E-state index contributed by atoms with van der Waals surface area (Å²) in [6.07, 6.45) is 32.2. The van der Waals surface area contributed by atoms with Crippen molar-refractivity contribution in [3.8, 4) is 0 Å². The minimum atomic E-state index is 0.0311. The van der Waals surface area contributed by atoms with Gasteiger partial charge in [-0.2, -0.15) is 0 Å². The second-order valence-electron chi connectivity index (χ2n) is 13.2. The Morgan fingerprint density at radius 2 is 1.10 bits per heavy atom. The van der Waals surface area contributed by atoms with Gasteiger partial charge in [0.25, 0.3) is 0 Å². The fourth-order valence-electron chi connectivity index (χ4n) is 6.48. The number of ether oxygens (including phenoxy) is 1. The smallest absolute Gasteiger partial charge is 0.305 e. The normalized spacial score (nSPS) is 14.1. The van der Waals surface area contributed by atoms with Gasteiger partial charge in [-0.3, -0.25) is 4.79 Å². The highest BCUT2D eigenvalue weighted by atomic mass is 16.5. The van der Waals surface area contributed by atoms with Crippen LogP contribution in [-0.2, 0) is 9.53 Å². The summed E-state index contributed by atoms with van der Waals surface area (Å²) in [5, 5.41) is 0. The van der Waals surface area contributed by atoms with E-state index in [4.69, 9.17) is 4.74 Å². The van der Waals surface area contributed by atoms with Gasteiger partial charge in [-0.05, 0) is 77.0 Å². The molecule has 1 rings (SSSR count). The molecule has 0 aromatic carbocycles. The van der Waals surface area contributed by atoms with Crippen molar-refractivity contribution in [2.75, 3.05) is 45.9 Å². The summed E-state index contributed by atoms with van der Waals surface area (Å²) in [7, 11) is 0. The van der Waals surface area contributed by atoms with Crippen LogP contribution in [0.1, 0.15) is 181 Å². The second-order valence-corrected chi connectivity index (χ2v) is 13.2. The molecule has 0 unspecified atom stereocenters. The van der Waals surface area contributed by atoms with E-state index in [0.717, 1.165) is 25.2 Å². The Kier molecular flexibility index (Phi) is 27.6. The number of rotatable bonds is 31. The third-order valence-electron chi connectivity index (χ3n) is 9.32. The summed E-state index contributed by atoms with van der Waals surface area (Å²) in [6.45, 7) is 15.2. The van der Waals surface area contributed by atoms with Crippen molar-refractivity contribution in [1.82, 2.24) is 9.80 Å². The van der Waals surface area contributed by atoms with Crippen LogP contribution in [0.3, 0.4) is 0 Å². The lowest BCUT2D eigenvalue weighted by Gasteiger charge is -2.25. The van der Waals surface area contributed by atoms with E-state index in [0.29, 0.717) is 13.0 Å². The topological polar surface area (TPSA) is 32.8 Å². The lowest BCUT2D eigenvalue weighted by molar-refractivity contribution is -0.144. The molecule has 0 N–H and O–H groups in total. The summed E-state index contributed by atoms with van der Waals surface area (Å²) in [4.78, 5) is 17.7. The molecule has 41 heavy (non-hydrogen) atoms. The lowest BCUT2D eigenvalue weighted by Crippen LogP contribution is -2.35. The highest BCUT2D eigenvalue weighted by Crippen LogP contribution is 2.23. The Morgan fingerprint density at radius 1 is 0.610 bits per heavy atom. The molecule has 0 bridgehead atoms. The maximum absolute atomic E-state index is 12.3. The molecular weight excluding hydrogens is 504 g/mol. The van der Waals surface area contributed by atoms with Crippen LogP contribution in [-0.4, -0.2) is 61.6 Å². The third kappa shape index (κ3) is 24.5. The Hall–Kier alpha value is -0.610. The molecule has 0 aromatic heterocycles. The van der Waals surface area contributed by atoms with Crippen LogP contribution in [0.25, 0.3) is 0 Å². The molecule has 0 amide bonds. The first kappa shape index (κ1) is 38.4. The van der Waals surface area contributed by atoms with Crippen LogP contribution in [0.5, 0.6) is 0 Å². The monoisotopic (exact) mass is 579 g/mol. The number of esters is 1. The van der Waals surface area contributed by atoms with Gasteiger partial charge < -0.3 is 14.5 Å². The van der Waals surface area contributed by atoms with Crippen LogP contribution in [0.4, 0.5) is 0 Å². The Bertz CT molecular complexity index is 537. The Balaban J connectivity index is 2.10. The van der Waals surface area contributed by atoms with Crippen LogP contribution < -0.4 is 0 Å².